The highest BCUT2D eigenvalue weighted by molar-refractivity contribution is 5.84. The molecule has 0 bridgehead atoms. The highest BCUT2D eigenvalue weighted by atomic mass is 16.5. The van der Waals surface area contributed by atoms with Crippen molar-refractivity contribution in [2.24, 2.45) is 11.3 Å². The zero-order valence-electron chi connectivity index (χ0n) is 11.7. The van der Waals surface area contributed by atoms with E-state index in [1.165, 1.54) is 13.2 Å². The first-order chi connectivity index (χ1) is 8.15. The van der Waals surface area contributed by atoms with Gasteiger partial charge in [0.2, 0.25) is 0 Å². The lowest BCUT2D eigenvalue weighted by atomic mass is 9.57. The van der Waals surface area contributed by atoms with Gasteiger partial charge in [-0.05, 0) is 18.4 Å². The maximum atomic E-state index is 11.7. The van der Waals surface area contributed by atoms with Gasteiger partial charge in [-0.15, -0.1) is 0 Å². The third kappa shape index (κ3) is 2.34. The van der Waals surface area contributed by atoms with Crippen molar-refractivity contribution in [3.63, 3.8) is 0 Å². The Morgan fingerprint density at radius 3 is 2.50 bits per heavy atom. The van der Waals surface area contributed by atoms with E-state index in [0.29, 0.717) is 18.4 Å². The van der Waals surface area contributed by atoms with E-state index < -0.39 is 17.0 Å². The van der Waals surface area contributed by atoms with E-state index in [-0.39, 0.29) is 11.7 Å². The largest absolute Gasteiger partial charge is 0.466 e. The van der Waals surface area contributed by atoms with Gasteiger partial charge in [0.1, 0.15) is 5.78 Å². The monoisotopic (exact) mass is 254 g/mol. The van der Waals surface area contributed by atoms with Crippen molar-refractivity contribution in [2.75, 3.05) is 7.11 Å². The number of carbonyl (C=O) groups excluding carboxylic acids is 2. The van der Waals surface area contributed by atoms with Gasteiger partial charge in [-0.25, -0.2) is 4.79 Å². The Bertz CT molecular complexity index is 395. The number of aliphatic hydroxyl groups is 1. The van der Waals surface area contributed by atoms with Crippen LogP contribution in [-0.4, -0.2) is 29.6 Å². The van der Waals surface area contributed by atoms with Gasteiger partial charge >= 0.3 is 5.97 Å². The average Bonchev–Trinajstić information content (AvgIpc) is 2.24. The van der Waals surface area contributed by atoms with Crippen LogP contribution in [0.2, 0.25) is 0 Å². The maximum Gasteiger partial charge on any atom is 0.330 e. The molecule has 2 atom stereocenters. The molecule has 0 saturated heterocycles. The molecule has 102 valence electrons. The van der Waals surface area contributed by atoms with E-state index in [0.717, 1.165) is 0 Å². The van der Waals surface area contributed by atoms with Gasteiger partial charge < -0.3 is 9.84 Å². The minimum Gasteiger partial charge on any atom is -0.466 e. The molecule has 18 heavy (non-hydrogen) atoms. The number of rotatable bonds is 2. The minimum atomic E-state index is -1.16. The lowest BCUT2D eigenvalue weighted by Crippen LogP contribution is -2.55. The maximum absolute atomic E-state index is 11.7. The molecule has 1 rings (SSSR count). The molecule has 0 aromatic carbocycles. The molecule has 2 unspecified atom stereocenters. The Kier molecular flexibility index (Phi) is 4.01. The minimum absolute atomic E-state index is 0.156. The summed E-state index contributed by atoms with van der Waals surface area (Å²) in [5, 5.41) is 11.0. The quantitative estimate of drug-likeness (QED) is 0.603. The number of esters is 1. The van der Waals surface area contributed by atoms with Crippen LogP contribution in [0, 0.1) is 11.3 Å². The SMILES string of the molecule is COC(=O)/C=C(/C)C1(O)C(C)CC(=O)CC1(C)C. The Balaban J connectivity index is 3.19. The van der Waals surface area contributed by atoms with Crippen molar-refractivity contribution in [1.82, 2.24) is 0 Å². The molecule has 0 spiro atoms. The number of Topliss-reactive ketones (excluding diaryl/α,β-unsaturated/α-hetero) is 1. The lowest BCUT2D eigenvalue weighted by Gasteiger charge is -2.50. The second-order valence-electron chi connectivity index (χ2n) is 5.82. The highest BCUT2D eigenvalue weighted by Crippen LogP contribution is 2.49. The van der Waals surface area contributed by atoms with Crippen LogP contribution in [-0.2, 0) is 14.3 Å². The number of ether oxygens (including phenoxy) is 1. The van der Waals surface area contributed by atoms with Crippen molar-refractivity contribution in [3.05, 3.63) is 11.6 Å². The van der Waals surface area contributed by atoms with Crippen LogP contribution in [0.15, 0.2) is 11.6 Å². The summed E-state index contributed by atoms with van der Waals surface area (Å²) in [6, 6.07) is 0. The van der Waals surface area contributed by atoms with Crippen LogP contribution >= 0.6 is 0 Å². The molecular formula is C14H22O4. The molecule has 0 aromatic rings. The van der Waals surface area contributed by atoms with Crippen LogP contribution in [0.3, 0.4) is 0 Å². The molecule has 0 amide bonds. The summed E-state index contributed by atoms with van der Waals surface area (Å²) in [5.41, 5.74) is -1.19. The Morgan fingerprint density at radius 2 is 2.06 bits per heavy atom. The smallest absolute Gasteiger partial charge is 0.330 e. The summed E-state index contributed by atoms with van der Waals surface area (Å²) in [5.74, 6) is -0.543. The molecule has 0 aromatic heterocycles. The van der Waals surface area contributed by atoms with Crippen LogP contribution in [0.1, 0.15) is 40.5 Å². The number of methoxy groups -OCH3 is 1. The van der Waals surface area contributed by atoms with Gasteiger partial charge in [-0.1, -0.05) is 20.8 Å². The summed E-state index contributed by atoms with van der Waals surface area (Å²) in [6.45, 7) is 7.27. The Hall–Kier alpha value is -1.16. The number of hydrogen-bond acceptors (Lipinski definition) is 4. The van der Waals surface area contributed by atoms with Gasteiger partial charge in [0.25, 0.3) is 0 Å². The standard InChI is InChI=1S/C14H22O4/c1-9-6-11(15)8-13(3,4)14(9,17)10(2)7-12(16)18-5/h7,9,17H,6,8H2,1-5H3/b10-7-. The van der Waals surface area contributed by atoms with Crippen LogP contribution in [0.4, 0.5) is 0 Å². The summed E-state index contributed by atoms with van der Waals surface area (Å²) in [4.78, 5) is 23.0. The van der Waals surface area contributed by atoms with Crippen molar-refractivity contribution in [2.45, 2.75) is 46.1 Å². The van der Waals surface area contributed by atoms with Crippen molar-refractivity contribution >= 4 is 11.8 Å². The molecule has 1 saturated carbocycles. The van der Waals surface area contributed by atoms with Crippen LogP contribution in [0.25, 0.3) is 0 Å². The van der Waals surface area contributed by atoms with Gasteiger partial charge in [0, 0.05) is 24.3 Å². The zero-order valence-corrected chi connectivity index (χ0v) is 11.7. The van der Waals surface area contributed by atoms with E-state index >= 15 is 0 Å². The average molecular weight is 254 g/mol. The van der Waals surface area contributed by atoms with Crippen molar-refractivity contribution in [1.29, 1.82) is 0 Å². The lowest BCUT2D eigenvalue weighted by molar-refractivity contribution is -0.145. The first-order valence-corrected chi connectivity index (χ1v) is 6.16. The molecule has 0 heterocycles. The number of hydrogen-bond donors (Lipinski definition) is 1. The molecular weight excluding hydrogens is 232 g/mol. The second kappa shape index (κ2) is 4.84. The number of carbonyl (C=O) groups is 2. The van der Waals surface area contributed by atoms with Crippen LogP contribution < -0.4 is 0 Å². The first-order valence-electron chi connectivity index (χ1n) is 6.16. The normalized spacial score (nSPS) is 32.2. The molecule has 0 radical (unpaired) electrons. The van der Waals surface area contributed by atoms with Gasteiger partial charge in [-0.3, -0.25) is 4.79 Å². The Morgan fingerprint density at radius 1 is 1.50 bits per heavy atom. The summed E-state index contributed by atoms with van der Waals surface area (Å²) in [7, 11) is 1.30. The van der Waals surface area contributed by atoms with Gasteiger partial charge in [-0.2, -0.15) is 0 Å². The predicted octanol–water partition coefficient (Wildman–Crippen LogP) is 1.86. The van der Waals surface area contributed by atoms with Gasteiger partial charge in [0.05, 0.1) is 12.7 Å². The Labute approximate surface area is 108 Å². The van der Waals surface area contributed by atoms with Crippen molar-refractivity contribution < 1.29 is 19.4 Å². The number of ketones is 1. The molecule has 4 nitrogen and oxygen atoms in total. The fraction of sp³-hybridized carbons (Fsp3) is 0.714. The molecule has 1 fully saturated rings. The molecule has 1 aliphatic rings. The molecule has 1 N–H and O–H groups in total. The zero-order chi connectivity index (χ0) is 14.1. The predicted molar refractivity (Wildman–Crippen MR) is 67.9 cm³/mol. The summed E-state index contributed by atoms with van der Waals surface area (Å²) < 4.78 is 4.59. The van der Waals surface area contributed by atoms with E-state index in [2.05, 4.69) is 4.74 Å². The van der Waals surface area contributed by atoms with E-state index in [4.69, 9.17) is 0 Å². The van der Waals surface area contributed by atoms with E-state index in [9.17, 15) is 14.7 Å². The van der Waals surface area contributed by atoms with Gasteiger partial charge in [0.15, 0.2) is 0 Å². The molecule has 1 aliphatic carbocycles. The summed E-state index contributed by atoms with van der Waals surface area (Å²) >= 11 is 0. The third-order valence-corrected chi connectivity index (χ3v) is 4.05. The topological polar surface area (TPSA) is 63.6 Å². The summed E-state index contributed by atoms with van der Waals surface area (Å²) in [6.07, 6.45) is 1.97. The van der Waals surface area contributed by atoms with Crippen molar-refractivity contribution in [3.8, 4) is 0 Å². The fourth-order valence-corrected chi connectivity index (χ4v) is 3.12. The van der Waals surface area contributed by atoms with E-state index in [1.54, 1.807) is 6.92 Å². The molecule has 0 aliphatic heterocycles. The van der Waals surface area contributed by atoms with Crippen LogP contribution in [0.5, 0.6) is 0 Å². The van der Waals surface area contributed by atoms with E-state index in [1.807, 2.05) is 20.8 Å². The first kappa shape index (κ1) is 14.9. The second-order valence-corrected chi connectivity index (χ2v) is 5.82. The fourth-order valence-electron chi connectivity index (χ4n) is 3.12. The third-order valence-electron chi connectivity index (χ3n) is 4.05. The highest BCUT2D eigenvalue weighted by Gasteiger charge is 2.53. The molecule has 4 heteroatoms.